The van der Waals surface area contributed by atoms with Gasteiger partial charge in [0, 0.05) is 32.7 Å². The summed E-state index contributed by atoms with van der Waals surface area (Å²) in [5.74, 6) is 0.165. The van der Waals surface area contributed by atoms with Gasteiger partial charge >= 0.3 is 0 Å². The van der Waals surface area contributed by atoms with Crippen molar-refractivity contribution in [3.63, 3.8) is 0 Å². The van der Waals surface area contributed by atoms with Gasteiger partial charge in [-0.1, -0.05) is 60.3 Å². The van der Waals surface area contributed by atoms with Crippen LogP contribution in [0.2, 0.25) is 0 Å². The standard InChI is InChI=1S/C23H27N5OS/c1-18-8-6-7-11-21(18)28-17-24-25-23(28)30-19(2)22(29)27-14-12-26(13-15-27)16-20-9-4-3-5-10-20/h3-11,17,19H,12-16H2,1-2H3. The molecule has 0 saturated carbocycles. The number of carbonyl (C=O) groups is 1. The molecule has 0 aliphatic carbocycles. The summed E-state index contributed by atoms with van der Waals surface area (Å²) in [4.78, 5) is 17.4. The SMILES string of the molecule is Cc1ccccc1-n1cnnc1SC(C)C(=O)N1CCN(Cc2ccccc2)CC1. The lowest BCUT2D eigenvalue weighted by Gasteiger charge is -2.35. The van der Waals surface area contributed by atoms with E-state index in [2.05, 4.69) is 52.4 Å². The zero-order chi connectivity index (χ0) is 20.9. The summed E-state index contributed by atoms with van der Waals surface area (Å²) < 4.78 is 1.96. The third-order valence-electron chi connectivity index (χ3n) is 5.45. The average molecular weight is 422 g/mol. The monoisotopic (exact) mass is 421 g/mol. The van der Waals surface area contributed by atoms with Crippen LogP contribution in [-0.2, 0) is 11.3 Å². The van der Waals surface area contributed by atoms with Crippen molar-refractivity contribution in [2.45, 2.75) is 30.8 Å². The zero-order valence-electron chi connectivity index (χ0n) is 17.4. The van der Waals surface area contributed by atoms with Crippen molar-refractivity contribution in [1.29, 1.82) is 0 Å². The van der Waals surface area contributed by atoms with Crippen molar-refractivity contribution < 1.29 is 4.79 Å². The van der Waals surface area contributed by atoms with Crippen LogP contribution in [0.5, 0.6) is 0 Å². The Morgan fingerprint density at radius 3 is 2.47 bits per heavy atom. The molecule has 1 unspecified atom stereocenters. The molecule has 2 aromatic carbocycles. The van der Waals surface area contributed by atoms with E-state index in [1.165, 1.54) is 17.3 Å². The van der Waals surface area contributed by atoms with Crippen LogP contribution in [0.1, 0.15) is 18.1 Å². The Kier molecular flexibility index (Phi) is 6.50. The van der Waals surface area contributed by atoms with Crippen molar-refractivity contribution in [1.82, 2.24) is 24.6 Å². The first-order valence-electron chi connectivity index (χ1n) is 10.3. The number of amides is 1. The Hall–Kier alpha value is -2.64. The maximum absolute atomic E-state index is 13.0. The van der Waals surface area contributed by atoms with Gasteiger partial charge in [-0.2, -0.15) is 0 Å². The van der Waals surface area contributed by atoms with Gasteiger partial charge in [0.1, 0.15) is 6.33 Å². The van der Waals surface area contributed by atoms with Crippen molar-refractivity contribution >= 4 is 17.7 Å². The summed E-state index contributed by atoms with van der Waals surface area (Å²) in [5, 5.41) is 8.86. The van der Waals surface area contributed by atoms with E-state index in [1.807, 2.05) is 40.7 Å². The Balaban J connectivity index is 1.34. The van der Waals surface area contributed by atoms with Crippen molar-refractivity contribution in [3.8, 4) is 5.69 Å². The van der Waals surface area contributed by atoms with Gasteiger partial charge in [0.25, 0.3) is 0 Å². The predicted molar refractivity (Wildman–Crippen MR) is 120 cm³/mol. The molecule has 1 aliphatic rings. The summed E-state index contributed by atoms with van der Waals surface area (Å²) in [7, 11) is 0. The molecule has 3 aromatic rings. The third-order valence-corrected chi connectivity index (χ3v) is 6.50. The maximum atomic E-state index is 13.0. The first-order chi connectivity index (χ1) is 14.6. The molecule has 1 amide bonds. The maximum Gasteiger partial charge on any atom is 0.235 e. The van der Waals surface area contributed by atoms with Gasteiger partial charge in [-0.05, 0) is 31.0 Å². The number of hydrogen-bond acceptors (Lipinski definition) is 5. The molecule has 0 N–H and O–H groups in total. The molecule has 1 aromatic heterocycles. The summed E-state index contributed by atoms with van der Waals surface area (Å²) in [6, 6.07) is 18.6. The molecule has 6 nitrogen and oxygen atoms in total. The number of para-hydroxylation sites is 1. The van der Waals surface area contributed by atoms with Gasteiger partial charge in [0.2, 0.25) is 5.91 Å². The Labute approximate surface area is 181 Å². The number of nitrogens with zero attached hydrogens (tertiary/aromatic N) is 5. The highest BCUT2D eigenvalue weighted by molar-refractivity contribution is 8.00. The summed E-state index contributed by atoms with van der Waals surface area (Å²) in [6.45, 7) is 8.29. The quantitative estimate of drug-likeness (QED) is 0.571. The van der Waals surface area contributed by atoms with E-state index in [0.717, 1.165) is 49.1 Å². The summed E-state index contributed by atoms with van der Waals surface area (Å²) >= 11 is 1.47. The van der Waals surface area contributed by atoms with E-state index in [-0.39, 0.29) is 11.2 Å². The summed E-state index contributed by atoms with van der Waals surface area (Å²) in [5.41, 5.74) is 3.50. The van der Waals surface area contributed by atoms with Gasteiger partial charge < -0.3 is 4.90 Å². The number of rotatable bonds is 6. The molecule has 4 rings (SSSR count). The fourth-order valence-corrected chi connectivity index (χ4v) is 4.66. The highest BCUT2D eigenvalue weighted by Crippen LogP contribution is 2.26. The van der Waals surface area contributed by atoms with Crippen molar-refractivity contribution in [3.05, 3.63) is 72.1 Å². The van der Waals surface area contributed by atoms with Crippen LogP contribution in [0.25, 0.3) is 5.69 Å². The highest BCUT2D eigenvalue weighted by atomic mass is 32.2. The Bertz CT molecular complexity index is 982. The van der Waals surface area contributed by atoms with Gasteiger partial charge in [-0.25, -0.2) is 0 Å². The zero-order valence-corrected chi connectivity index (χ0v) is 18.3. The lowest BCUT2D eigenvalue weighted by atomic mass is 10.2. The number of benzene rings is 2. The molecule has 7 heteroatoms. The minimum Gasteiger partial charge on any atom is -0.339 e. The molecule has 0 radical (unpaired) electrons. The van der Waals surface area contributed by atoms with Crippen LogP contribution < -0.4 is 0 Å². The van der Waals surface area contributed by atoms with Crippen molar-refractivity contribution in [2.24, 2.45) is 0 Å². The minimum atomic E-state index is -0.211. The molecular formula is C23H27N5OS. The average Bonchev–Trinajstić information content (AvgIpc) is 3.22. The lowest BCUT2D eigenvalue weighted by molar-refractivity contribution is -0.132. The van der Waals surface area contributed by atoms with E-state index >= 15 is 0 Å². The fraction of sp³-hybridized carbons (Fsp3) is 0.348. The first-order valence-corrected chi connectivity index (χ1v) is 11.2. The smallest absolute Gasteiger partial charge is 0.235 e. The predicted octanol–water partition coefficient (Wildman–Crippen LogP) is 3.40. The van der Waals surface area contributed by atoms with Crippen LogP contribution >= 0.6 is 11.8 Å². The molecule has 156 valence electrons. The number of aromatic nitrogens is 3. The molecule has 2 heterocycles. The number of aryl methyl sites for hydroxylation is 1. The van der Waals surface area contributed by atoms with Crippen molar-refractivity contribution in [2.75, 3.05) is 26.2 Å². The normalized spacial score (nSPS) is 15.9. The Morgan fingerprint density at radius 2 is 1.73 bits per heavy atom. The molecule has 1 atom stereocenters. The topological polar surface area (TPSA) is 54.3 Å². The first kappa shape index (κ1) is 20.6. The second-order valence-corrected chi connectivity index (χ2v) is 8.93. The lowest BCUT2D eigenvalue weighted by Crippen LogP contribution is -2.50. The highest BCUT2D eigenvalue weighted by Gasteiger charge is 2.27. The summed E-state index contributed by atoms with van der Waals surface area (Å²) in [6.07, 6.45) is 1.71. The van der Waals surface area contributed by atoms with Crippen LogP contribution in [0, 0.1) is 6.92 Å². The van der Waals surface area contributed by atoms with Gasteiger partial charge in [-0.3, -0.25) is 14.3 Å². The molecule has 1 aliphatic heterocycles. The van der Waals surface area contributed by atoms with Gasteiger partial charge in [-0.15, -0.1) is 10.2 Å². The van der Waals surface area contributed by atoms with E-state index in [0.29, 0.717) is 0 Å². The molecule has 0 spiro atoms. The van der Waals surface area contributed by atoms with E-state index < -0.39 is 0 Å². The largest absolute Gasteiger partial charge is 0.339 e. The number of piperazine rings is 1. The third kappa shape index (κ3) is 4.74. The molecule has 1 saturated heterocycles. The molecular weight excluding hydrogens is 394 g/mol. The Morgan fingerprint density at radius 1 is 1.03 bits per heavy atom. The van der Waals surface area contributed by atoms with Crippen LogP contribution in [0.3, 0.4) is 0 Å². The van der Waals surface area contributed by atoms with Gasteiger partial charge in [0.15, 0.2) is 5.16 Å². The second-order valence-electron chi connectivity index (χ2n) is 7.62. The molecule has 30 heavy (non-hydrogen) atoms. The van der Waals surface area contributed by atoms with Crippen LogP contribution in [-0.4, -0.2) is 61.9 Å². The number of carbonyl (C=O) groups excluding carboxylic acids is 1. The molecule has 0 bridgehead atoms. The molecule has 1 fully saturated rings. The van der Waals surface area contributed by atoms with E-state index in [4.69, 9.17) is 0 Å². The van der Waals surface area contributed by atoms with Crippen LogP contribution in [0.4, 0.5) is 0 Å². The van der Waals surface area contributed by atoms with Gasteiger partial charge in [0.05, 0.1) is 10.9 Å². The van der Waals surface area contributed by atoms with E-state index in [9.17, 15) is 4.79 Å². The fourth-order valence-electron chi connectivity index (χ4n) is 3.74. The second kappa shape index (κ2) is 9.45. The van der Waals surface area contributed by atoms with E-state index in [1.54, 1.807) is 6.33 Å². The number of hydrogen-bond donors (Lipinski definition) is 0. The number of thioether (sulfide) groups is 1. The minimum absolute atomic E-state index is 0.165. The van der Waals surface area contributed by atoms with Crippen LogP contribution in [0.15, 0.2) is 66.1 Å².